The van der Waals surface area contributed by atoms with Gasteiger partial charge in [0.1, 0.15) is 5.82 Å². The molecular formula is C22H26FN5O2. The second-order valence-electron chi connectivity index (χ2n) is 6.73. The number of carbonyl (C=O) groups is 1. The molecule has 0 atom stereocenters. The van der Waals surface area contributed by atoms with Crippen LogP contribution in [0.15, 0.2) is 52.9 Å². The standard InChI is InChI=1S/C22H26FN5O2/c1-3-28(4-2)14-8-13-24-22-27-26-21(30-22)18-12-11-17(15-19(18)23)25-20(29)16-9-6-5-7-10-16/h5-7,9-12,15H,3-4,8,13-14H2,1-2H3,(H,24,27)(H,25,29). The van der Waals surface area contributed by atoms with E-state index in [1.54, 1.807) is 30.3 Å². The third-order valence-corrected chi connectivity index (χ3v) is 4.74. The predicted molar refractivity (Wildman–Crippen MR) is 115 cm³/mol. The van der Waals surface area contributed by atoms with Crippen molar-refractivity contribution in [3.8, 4) is 11.5 Å². The number of rotatable bonds is 10. The van der Waals surface area contributed by atoms with Crippen molar-refractivity contribution in [3.05, 3.63) is 59.9 Å². The van der Waals surface area contributed by atoms with E-state index >= 15 is 0 Å². The summed E-state index contributed by atoms with van der Waals surface area (Å²) in [6.45, 7) is 7.96. The lowest BCUT2D eigenvalue weighted by molar-refractivity contribution is 0.102. The van der Waals surface area contributed by atoms with E-state index in [9.17, 15) is 9.18 Å². The highest BCUT2D eigenvalue weighted by Gasteiger charge is 2.15. The molecule has 30 heavy (non-hydrogen) atoms. The Labute approximate surface area is 175 Å². The molecule has 1 aromatic heterocycles. The summed E-state index contributed by atoms with van der Waals surface area (Å²) in [5.41, 5.74) is 1.02. The van der Waals surface area contributed by atoms with Crippen LogP contribution in [0, 0.1) is 5.82 Å². The number of nitrogens with one attached hydrogen (secondary N) is 2. The van der Waals surface area contributed by atoms with Gasteiger partial charge >= 0.3 is 6.01 Å². The van der Waals surface area contributed by atoms with Crippen LogP contribution in [0.1, 0.15) is 30.6 Å². The number of aromatic nitrogens is 2. The highest BCUT2D eigenvalue weighted by molar-refractivity contribution is 6.04. The van der Waals surface area contributed by atoms with Crippen LogP contribution in [0.25, 0.3) is 11.5 Å². The average molecular weight is 411 g/mol. The van der Waals surface area contributed by atoms with Crippen molar-refractivity contribution in [1.29, 1.82) is 0 Å². The first-order chi connectivity index (χ1) is 14.6. The first-order valence-corrected chi connectivity index (χ1v) is 10.1. The van der Waals surface area contributed by atoms with Crippen LogP contribution in [0.4, 0.5) is 16.1 Å². The van der Waals surface area contributed by atoms with Gasteiger partial charge in [-0.15, -0.1) is 5.10 Å². The summed E-state index contributed by atoms with van der Waals surface area (Å²) in [6.07, 6.45) is 0.934. The molecule has 3 rings (SSSR count). The van der Waals surface area contributed by atoms with Crippen LogP contribution in [-0.2, 0) is 0 Å². The molecular weight excluding hydrogens is 385 g/mol. The Kier molecular flexibility index (Phi) is 7.51. The zero-order chi connectivity index (χ0) is 21.3. The molecule has 0 saturated heterocycles. The molecule has 3 aromatic rings. The quantitative estimate of drug-likeness (QED) is 0.485. The minimum atomic E-state index is -0.558. The smallest absolute Gasteiger partial charge is 0.315 e. The summed E-state index contributed by atoms with van der Waals surface area (Å²) in [4.78, 5) is 14.5. The van der Waals surface area contributed by atoms with Gasteiger partial charge in [0.25, 0.3) is 11.8 Å². The molecule has 0 unspecified atom stereocenters. The van der Waals surface area contributed by atoms with Gasteiger partial charge in [-0.2, -0.15) is 0 Å². The summed E-state index contributed by atoms with van der Waals surface area (Å²) < 4.78 is 20.1. The first-order valence-electron chi connectivity index (χ1n) is 10.1. The largest absolute Gasteiger partial charge is 0.403 e. The average Bonchev–Trinajstić information content (AvgIpc) is 3.23. The maximum atomic E-state index is 14.6. The van der Waals surface area contributed by atoms with E-state index in [1.807, 2.05) is 6.07 Å². The topological polar surface area (TPSA) is 83.3 Å². The van der Waals surface area contributed by atoms with Crippen LogP contribution in [0.5, 0.6) is 0 Å². The van der Waals surface area contributed by atoms with E-state index in [1.165, 1.54) is 12.1 Å². The van der Waals surface area contributed by atoms with Gasteiger partial charge in [0.05, 0.1) is 5.56 Å². The summed E-state index contributed by atoms with van der Waals surface area (Å²) in [7, 11) is 0. The Morgan fingerprint density at radius 1 is 1.10 bits per heavy atom. The van der Waals surface area contributed by atoms with E-state index in [2.05, 4.69) is 39.6 Å². The van der Waals surface area contributed by atoms with Crippen LogP contribution < -0.4 is 10.6 Å². The molecule has 0 bridgehead atoms. The van der Waals surface area contributed by atoms with Crippen LogP contribution in [-0.4, -0.2) is 47.2 Å². The molecule has 0 radical (unpaired) electrons. The highest BCUT2D eigenvalue weighted by atomic mass is 19.1. The van der Waals surface area contributed by atoms with E-state index < -0.39 is 5.82 Å². The van der Waals surface area contributed by atoms with Gasteiger partial charge in [0.15, 0.2) is 0 Å². The van der Waals surface area contributed by atoms with Crippen molar-refractivity contribution < 1.29 is 13.6 Å². The van der Waals surface area contributed by atoms with Gasteiger partial charge in [-0.1, -0.05) is 37.1 Å². The Morgan fingerprint density at radius 3 is 2.57 bits per heavy atom. The zero-order valence-corrected chi connectivity index (χ0v) is 17.2. The second kappa shape index (κ2) is 10.5. The van der Waals surface area contributed by atoms with Crippen molar-refractivity contribution in [2.24, 2.45) is 0 Å². The van der Waals surface area contributed by atoms with Crippen LogP contribution in [0.2, 0.25) is 0 Å². The molecule has 1 heterocycles. The lowest BCUT2D eigenvalue weighted by atomic mass is 10.1. The van der Waals surface area contributed by atoms with Crippen LogP contribution >= 0.6 is 0 Å². The zero-order valence-electron chi connectivity index (χ0n) is 17.2. The summed E-state index contributed by atoms with van der Waals surface area (Å²) in [5, 5.41) is 13.6. The fourth-order valence-corrected chi connectivity index (χ4v) is 3.00. The van der Waals surface area contributed by atoms with Crippen molar-refractivity contribution in [2.45, 2.75) is 20.3 Å². The number of nitrogens with zero attached hydrogens (tertiary/aromatic N) is 3. The fraction of sp³-hybridized carbons (Fsp3) is 0.318. The number of hydrogen-bond donors (Lipinski definition) is 2. The normalized spacial score (nSPS) is 10.9. The lowest BCUT2D eigenvalue weighted by Gasteiger charge is -2.17. The monoisotopic (exact) mass is 411 g/mol. The summed E-state index contributed by atoms with van der Waals surface area (Å²) in [5.74, 6) is -0.783. The molecule has 0 aliphatic heterocycles. The molecule has 0 fully saturated rings. The summed E-state index contributed by atoms with van der Waals surface area (Å²) >= 11 is 0. The van der Waals surface area contributed by atoms with E-state index in [0.717, 1.165) is 26.1 Å². The van der Waals surface area contributed by atoms with Gasteiger partial charge in [-0.25, -0.2) is 4.39 Å². The third-order valence-electron chi connectivity index (χ3n) is 4.74. The van der Waals surface area contributed by atoms with Crippen LogP contribution in [0.3, 0.4) is 0 Å². The number of benzene rings is 2. The second-order valence-corrected chi connectivity index (χ2v) is 6.73. The molecule has 0 saturated carbocycles. The maximum Gasteiger partial charge on any atom is 0.315 e. The minimum Gasteiger partial charge on any atom is -0.403 e. The fourth-order valence-electron chi connectivity index (χ4n) is 3.00. The van der Waals surface area contributed by atoms with Gasteiger partial charge in [-0.05, 0) is 56.4 Å². The van der Waals surface area contributed by atoms with E-state index in [-0.39, 0.29) is 23.4 Å². The lowest BCUT2D eigenvalue weighted by Crippen LogP contribution is -2.25. The third kappa shape index (κ3) is 5.64. The van der Waals surface area contributed by atoms with Gasteiger partial charge < -0.3 is 20.0 Å². The number of carbonyl (C=O) groups excluding carboxylic acids is 1. The molecule has 0 spiro atoms. The maximum absolute atomic E-state index is 14.6. The Bertz CT molecular complexity index is 957. The predicted octanol–water partition coefficient (Wildman–Crippen LogP) is 4.27. The van der Waals surface area contributed by atoms with E-state index in [4.69, 9.17) is 4.42 Å². The van der Waals surface area contributed by atoms with Crippen molar-refractivity contribution >= 4 is 17.6 Å². The van der Waals surface area contributed by atoms with Gasteiger partial charge in [-0.3, -0.25) is 4.79 Å². The molecule has 1 amide bonds. The van der Waals surface area contributed by atoms with Gasteiger partial charge in [0.2, 0.25) is 0 Å². The highest BCUT2D eigenvalue weighted by Crippen LogP contribution is 2.25. The molecule has 7 nitrogen and oxygen atoms in total. The minimum absolute atomic E-state index is 0.0830. The number of hydrogen-bond acceptors (Lipinski definition) is 6. The van der Waals surface area contributed by atoms with Gasteiger partial charge in [0, 0.05) is 17.8 Å². The SMILES string of the molecule is CCN(CC)CCCNc1nnc(-c2ccc(NC(=O)c3ccccc3)cc2F)o1. The first kappa shape index (κ1) is 21.4. The number of halogens is 1. The molecule has 0 aliphatic carbocycles. The number of anilines is 2. The molecule has 2 aromatic carbocycles. The molecule has 158 valence electrons. The summed E-state index contributed by atoms with van der Waals surface area (Å²) in [6, 6.07) is 13.3. The van der Waals surface area contributed by atoms with E-state index in [0.29, 0.717) is 17.8 Å². The molecule has 8 heteroatoms. The van der Waals surface area contributed by atoms with Crippen molar-refractivity contribution in [1.82, 2.24) is 15.1 Å². The molecule has 0 aliphatic rings. The Hall–Kier alpha value is -3.26. The van der Waals surface area contributed by atoms with Crippen molar-refractivity contribution in [3.63, 3.8) is 0 Å². The van der Waals surface area contributed by atoms with Crippen molar-refractivity contribution in [2.75, 3.05) is 36.8 Å². The molecule has 2 N–H and O–H groups in total. The number of amides is 1. The Balaban J connectivity index is 1.58. The Morgan fingerprint density at radius 2 is 1.87 bits per heavy atom.